The van der Waals surface area contributed by atoms with E-state index in [9.17, 15) is 4.39 Å². The van der Waals surface area contributed by atoms with Crippen LogP contribution in [0.1, 0.15) is 50.3 Å². The first-order chi connectivity index (χ1) is 13.6. The first-order valence-corrected chi connectivity index (χ1v) is 10.3. The summed E-state index contributed by atoms with van der Waals surface area (Å²) in [5, 5.41) is 7.12. The molecule has 1 saturated heterocycles. The number of piperidine rings is 1. The summed E-state index contributed by atoms with van der Waals surface area (Å²) in [5.74, 6) is 0.755. The van der Waals surface area contributed by atoms with Crippen LogP contribution in [0.25, 0.3) is 0 Å². The van der Waals surface area contributed by atoms with Crippen LogP contribution in [0.4, 0.5) is 4.39 Å². The number of nitrogens with one attached hydrogen (secondary N) is 1. The smallest absolute Gasteiger partial charge is 0.208 e. The second-order valence-electron chi connectivity index (χ2n) is 8.49. The van der Waals surface area contributed by atoms with Gasteiger partial charge in [0.15, 0.2) is 0 Å². The van der Waals surface area contributed by atoms with Gasteiger partial charge in [-0.25, -0.2) is 9.40 Å². The lowest BCUT2D eigenvalue weighted by Crippen LogP contribution is -3.16. The molecule has 4 nitrogen and oxygen atoms in total. The predicted molar refractivity (Wildman–Crippen MR) is 107 cm³/mol. The van der Waals surface area contributed by atoms with Crippen molar-refractivity contribution in [3.8, 4) is 5.75 Å². The minimum atomic E-state index is -0.426. The average Bonchev–Trinajstić information content (AvgIpc) is 3.15. The molecule has 28 heavy (non-hydrogen) atoms. The monoisotopic (exact) mass is 380 g/mol. The van der Waals surface area contributed by atoms with Crippen molar-refractivity contribution in [2.75, 3.05) is 13.1 Å². The van der Waals surface area contributed by atoms with Gasteiger partial charge in [-0.05, 0) is 26.0 Å². The number of halogens is 1. The van der Waals surface area contributed by atoms with Crippen molar-refractivity contribution in [3.63, 3.8) is 0 Å². The minimum Gasteiger partial charge on any atom is -0.466 e. The summed E-state index contributed by atoms with van der Waals surface area (Å²) in [6, 6.07) is 15.9. The van der Waals surface area contributed by atoms with Crippen molar-refractivity contribution < 1.29 is 14.0 Å². The van der Waals surface area contributed by atoms with Crippen molar-refractivity contribution in [1.29, 1.82) is 0 Å². The molecule has 0 radical (unpaired) electrons. The van der Waals surface area contributed by atoms with E-state index in [1.807, 2.05) is 24.3 Å². The fourth-order valence-electron chi connectivity index (χ4n) is 4.96. The van der Waals surface area contributed by atoms with Crippen molar-refractivity contribution >= 4 is 5.71 Å². The number of quaternary nitrogens is 1. The minimum absolute atomic E-state index is 0.111. The molecule has 3 aliphatic heterocycles. The molecule has 1 atom stereocenters. The lowest BCUT2D eigenvalue weighted by molar-refractivity contribution is -0.929. The van der Waals surface area contributed by atoms with E-state index in [-0.39, 0.29) is 11.9 Å². The highest BCUT2D eigenvalue weighted by Gasteiger charge is 2.53. The van der Waals surface area contributed by atoms with E-state index in [0.29, 0.717) is 18.0 Å². The predicted octanol–water partition coefficient (Wildman–Crippen LogP) is 3.15. The Morgan fingerprint density at radius 2 is 1.82 bits per heavy atom. The van der Waals surface area contributed by atoms with Gasteiger partial charge in [0.1, 0.15) is 11.6 Å². The molecule has 5 heteroatoms. The van der Waals surface area contributed by atoms with Gasteiger partial charge in [-0.1, -0.05) is 36.4 Å². The number of likely N-dealkylation sites (tertiary alicyclic amines) is 1. The van der Waals surface area contributed by atoms with Crippen LogP contribution in [-0.2, 0) is 0 Å². The van der Waals surface area contributed by atoms with Crippen LogP contribution in [0.3, 0.4) is 0 Å². The average molecular weight is 380 g/mol. The van der Waals surface area contributed by atoms with Gasteiger partial charge < -0.3 is 9.64 Å². The highest BCUT2D eigenvalue weighted by atomic mass is 19.1. The zero-order valence-corrected chi connectivity index (χ0v) is 16.5. The van der Waals surface area contributed by atoms with Crippen molar-refractivity contribution in [2.45, 2.75) is 50.9 Å². The first kappa shape index (κ1) is 17.7. The van der Waals surface area contributed by atoms with Gasteiger partial charge in [0, 0.05) is 17.5 Å². The molecule has 1 spiro atoms. The number of rotatable bonds is 2. The summed E-state index contributed by atoms with van der Waals surface area (Å²) >= 11 is 0. The number of hydrazone groups is 1. The van der Waals surface area contributed by atoms with E-state index < -0.39 is 5.72 Å². The second kappa shape index (κ2) is 6.59. The Labute approximate surface area is 165 Å². The normalized spacial score (nSPS) is 28.7. The van der Waals surface area contributed by atoms with Crippen LogP contribution < -0.4 is 9.64 Å². The Morgan fingerprint density at radius 3 is 2.57 bits per heavy atom. The largest absolute Gasteiger partial charge is 0.466 e. The summed E-state index contributed by atoms with van der Waals surface area (Å²) in [5.41, 5.74) is 2.16. The zero-order chi connectivity index (χ0) is 19.3. The topological polar surface area (TPSA) is 29.3 Å². The number of hydrogen-bond donors (Lipinski definition) is 1. The van der Waals surface area contributed by atoms with Crippen LogP contribution in [0, 0.1) is 5.82 Å². The lowest BCUT2D eigenvalue weighted by Gasteiger charge is -2.50. The standard InChI is InChI=1S/C23H26FN3O/c1-16(2)26-13-11-23(12-14-26)27-21(18-8-4-6-10-22(18)28-23)15-20(25-27)17-7-3-5-9-19(17)24/h3-10,16,21H,11-15H2,1-2H3/p+1/t21-/m0/s1. The van der Waals surface area contributed by atoms with Crippen LogP contribution in [0.2, 0.25) is 0 Å². The highest BCUT2D eigenvalue weighted by molar-refractivity contribution is 6.02. The summed E-state index contributed by atoms with van der Waals surface area (Å²) in [6.45, 7) is 6.68. The molecular weight excluding hydrogens is 353 g/mol. The maximum absolute atomic E-state index is 14.5. The molecule has 0 aromatic heterocycles. The SMILES string of the molecule is CC(C)[NH+]1CCC2(CC1)Oc1ccccc1[C@@H]1CC(c3ccccc3F)=NN12. The van der Waals surface area contributed by atoms with Gasteiger partial charge in [0.05, 0.1) is 43.7 Å². The summed E-state index contributed by atoms with van der Waals surface area (Å²) in [7, 11) is 0. The van der Waals surface area contributed by atoms with E-state index in [1.165, 1.54) is 6.07 Å². The maximum atomic E-state index is 14.5. The van der Waals surface area contributed by atoms with Crippen molar-refractivity contribution in [3.05, 3.63) is 65.5 Å². The van der Waals surface area contributed by atoms with Gasteiger partial charge in [0.25, 0.3) is 0 Å². The van der Waals surface area contributed by atoms with E-state index in [0.717, 1.165) is 43.0 Å². The van der Waals surface area contributed by atoms with Crippen LogP contribution in [-0.4, -0.2) is 35.6 Å². The van der Waals surface area contributed by atoms with Crippen LogP contribution in [0.5, 0.6) is 5.75 Å². The summed E-state index contributed by atoms with van der Waals surface area (Å²) in [6.07, 6.45) is 2.57. The van der Waals surface area contributed by atoms with E-state index in [2.05, 4.69) is 31.0 Å². The van der Waals surface area contributed by atoms with E-state index in [1.54, 1.807) is 11.0 Å². The number of fused-ring (bicyclic) bond motifs is 4. The lowest BCUT2D eigenvalue weighted by atomic mass is 9.90. The molecule has 0 amide bonds. The summed E-state index contributed by atoms with van der Waals surface area (Å²) in [4.78, 5) is 1.61. The zero-order valence-electron chi connectivity index (χ0n) is 16.5. The maximum Gasteiger partial charge on any atom is 0.208 e. The third kappa shape index (κ3) is 2.72. The molecular formula is C23H27FN3O+. The van der Waals surface area contributed by atoms with Crippen molar-refractivity contribution in [1.82, 2.24) is 5.01 Å². The second-order valence-corrected chi connectivity index (χ2v) is 8.49. The molecule has 3 heterocycles. The van der Waals surface area contributed by atoms with E-state index in [4.69, 9.17) is 9.84 Å². The molecule has 0 saturated carbocycles. The third-order valence-electron chi connectivity index (χ3n) is 6.58. The molecule has 5 rings (SSSR count). The van der Waals surface area contributed by atoms with E-state index >= 15 is 0 Å². The number of benzene rings is 2. The third-order valence-corrected chi connectivity index (χ3v) is 6.58. The fourth-order valence-corrected chi connectivity index (χ4v) is 4.96. The van der Waals surface area contributed by atoms with Gasteiger partial charge in [-0.15, -0.1) is 0 Å². The fraction of sp³-hybridized carbons (Fsp3) is 0.435. The molecule has 2 aromatic carbocycles. The molecule has 0 unspecified atom stereocenters. The van der Waals surface area contributed by atoms with Gasteiger partial charge in [-0.2, -0.15) is 5.10 Å². The number of hydrogen-bond acceptors (Lipinski definition) is 3. The van der Waals surface area contributed by atoms with Gasteiger partial charge >= 0.3 is 0 Å². The Kier molecular flexibility index (Phi) is 4.16. The Bertz CT molecular complexity index is 918. The van der Waals surface area contributed by atoms with Gasteiger partial charge in [0.2, 0.25) is 5.72 Å². The molecule has 0 bridgehead atoms. The molecule has 3 aliphatic rings. The summed E-state index contributed by atoms with van der Waals surface area (Å²) < 4.78 is 21.1. The number of nitrogens with zero attached hydrogens (tertiary/aromatic N) is 2. The molecule has 2 aromatic rings. The number of para-hydroxylation sites is 1. The molecule has 0 aliphatic carbocycles. The number of ether oxygens (including phenoxy) is 1. The molecule has 1 fully saturated rings. The Balaban J connectivity index is 1.55. The Morgan fingerprint density at radius 1 is 1.11 bits per heavy atom. The molecule has 1 N–H and O–H groups in total. The highest BCUT2D eigenvalue weighted by Crippen LogP contribution is 2.49. The first-order valence-electron chi connectivity index (χ1n) is 10.3. The van der Waals surface area contributed by atoms with Crippen LogP contribution >= 0.6 is 0 Å². The quantitative estimate of drug-likeness (QED) is 0.867. The van der Waals surface area contributed by atoms with Crippen molar-refractivity contribution in [2.24, 2.45) is 5.10 Å². The Hall–Kier alpha value is -2.40. The molecule has 146 valence electrons. The van der Waals surface area contributed by atoms with Crippen LogP contribution in [0.15, 0.2) is 53.6 Å². The van der Waals surface area contributed by atoms with Gasteiger partial charge in [-0.3, -0.25) is 0 Å².